The fourth-order valence-electron chi connectivity index (χ4n) is 5.77. The normalized spacial score (nSPS) is 18.3. The quantitative estimate of drug-likeness (QED) is 0.0565. The maximum atomic E-state index is 13.8. The topological polar surface area (TPSA) is 102 Å². The van der Waals surface area contributed by atoms with Gasteiger partial charge in [0.05, 0.1) is 11.6 Å². The van der Waals surface area contributed by atoms with Gasteiger partial charge in [-0.2, -0.15) is 0 Å². The van der Waals surface area contributed by atoms with Crippen LogP contribution < -0.4 is 14.4 Å². The maximum absolute atomic E-state index is 13.8. The van der Waals surface area contributed by atoms with Gasteiger partial charge in [-0.1, -0.05) is 95.4 Å². The predicted molar refractivity (Wildman–Crippen MR) is 183 cm³/mol. The van der Waals surface area contributed by atoms with Crippen LogP contribution in [0.5, 0.6) is 11.5 Å². The molecule has 0 aliphatic carbocycles. The third-order valence-electron chi connectivity index (χ3n) is 8.12. The van der Waals surface area contributed by atoms with Crippen LogP contribution in [0.15, 0.2) is 107 Å². The summed E-state index contributed by atoms with van der Waals surface area (Å²) in [4.78, 5) is 28.9. The molecule has 1 amide bonds. The van der Waals surface area contributed by atoms with E-state index >= 15 is 0 Å². The lowest BCUT2D eigenvalue weighted by atomic mass is 9.94. The number of aryl methyl sites for hydroxylation is 1. The van der Waals surface area contributed by atoms with E-state index in [1.54, 1.807) is 18.2 Å². The van der Waals surface area contributed by atoms with E-state index in [4.69, 9.17) is 9.47 Å². The zero-order valence-electron chi connectivity index (χ0n) is 25.8. The number of carbonyl (C=O) groups excluding carboxylic acids is 2. The van der Waals surface area contributed by atoms with Crippen LogP contribution in [-0.4, -0.2) is 33.1 Å². The molecule has 2 aliphatic rings. The van der Waals surface area contributed by atoms with Gasteiger partial charge < -0.3 is 14.6 Å². The number of hydrogen-bond acceptors (Lipinski definition) is 9. The average molecular weight is 662 g/mol. The smallest absolute Gasteiger partial charge is 0.301 e. The molecule has 3 heterocycles. The monoisotopic (exact) mass is 661 g/mol. The van der Waals surface area contributed by atoms with Crippen LogP contribution in [-0.2, 0) is 28.4 Å². The van der Waals surface area contributed by atoms with Crippen molar-refractivity contribution in [3.05, 3.63) is 136 Å². The van der Waals surface area contributed by atoms with Gasteiger partial charge in [0.1, 0.15) is 30.0 Å². The van der Waals surface area contributed by atoms with Crippen LogP contribution in [0.25, 0.3) is 5.76 Å². The minimum absolute atomic E-state index is 0.0158. The number of Topliss-reactive ketones (excluding diaryl/α,β-unsaturated/α-hetero) is 1. The van der Waals surface area contributed by atoms with Gasteiger partial charge in [-0.3, -0.25) is 14.5 Å². The van der Waals surface area contributed by atoms with Crippen molar-refractivity contribution >= 4 is 45.7 Å². The highest BCUT2D eigenvalue weighted by atomic mass is 32.2. The Morgan fingerprint density at radius 1 is 0.979 bits per heavy atom. The lowest BCUT2D eigenvalue weighted by Gasteiger charge is -2.23. The highest BCUT2D eigenvalue weighted by Gasteiger charge is 2.48. The highest BCUT2D eigenvalue weighted by Crippen LogP contribution is 2.45. The molecule has 1 saturated heterocycles. The molecule has 10 heteroatoms. The summed E-state index contributed by atoms with van der Waals surface area (Å²) < 4.78 is 12.6. The Bertz CT molecular complexity index is 1990. The summed E-state index contributed by atoms with van der Waals surface area (Å²) in [6, 6.07) is 29.7. The lowest BCUT2D eigenvalue weighted by Crippen LogP contribution is -2.29. The van der Waals surface area contributed by atoms with Gasteiger partial charge in [0, 0.05) is 17.7 Å². The van der Waals surface area contributed by atoms with E-state index in [1.807, 2.05) is 68.4 Å². The van der Waals surface area contributed by atoms with E-state index in [1.165, 1.54) is 33.6 Å². The number of rotatable bonds is 9. The molecule has 1 fully saturated rings. The van der Waals surface area contributed by atoms with Crippen molar-refractivity contribution in [2.24, 2.45) is 0 Å². The Morgan fingerprint density at radius 3 is 2.60 bits per heavy atom. The summed E-state index contributed by atoms with van der Waals surface area (Å²) in [5.74, 6) is 0.158. The number of ketones is 1. The molecule has 47 heavy (non-hydrogen) atoms. The first-order chi connectivity index (χ1) is 22.8. The van der Waals surface area contributed by atoms with Crippen molar-refractivity contribution in [3.63, 3.8) is 0 Å². The summed E-state index contributed by atoms with van der Waals surface area (Å²) >= 11 is 2.75. The van der Waals surface area contributed by atoms with Gasteiger partial charge in [-0.05, 0) is 66.4 Å². The molecule has 1 N–H and O–H groups in total. The molecule has 236 valence electrons. The molecule has 7 rings (SSSR count). The molecule has 4 aromatic carbocycles. The summed E-state index contributed by atoms with van der Waals surface area (Å²) in [5.41, 5.74) is 5.27. The van der Waals surface area contributed by atoms with Crippen molar-refractivity contribution in [1.29, 1.82) is 0 Å². The second kappa shape index (κ2) is 13.1. The summed E-state index contributed by atoms with van der Waals surface area (Å²) in [5, 5.41) is 20.7. The Labute approximate surface area is 280 Å². The number of nitrogens with zero attached hydrogens (tertiary/aromatic N) is 3. The average Bonchev–Trinajstić information content (AvgIpc) is 3.78. The molecule has 5 aromatic rings. The van der Waals surface area contributed by atoms with Gasteiger partial charge in [-0.25, -0.2) is 0 Å². The highest BCUT2D eigenvalue weighted by molar-refractivity contribution is 8.00. The first-order valence-electron chi connectivity index (χ1n) is 15.2. The van der Waals surface area contributed by atoms with Crippen LogP contribution in [0.2, 0.25) is 0 Å². The Morgan fingerprint density at radius 2 is 1.79 bits per heavy atom. The molecule has 2 unspecified atom stereocenters. The van der Waals surface area contributed by atoms with Gasteiger partial charge in [0.15, 0.2) is 4.34 Å². The fraction of sp³-hybridized carbons (Fsp3) is 0.189. The minimum Gasteiger partial charge on any atom is -0.507 e. The standard InChI is InChI=1S/C37H31N3O5S2/c1-22-11-13-25(14-12-22)21-46-37-39-38-36(47-37)40-32(26-9-6-10-29(19-26)44-20-24-7-4-3-5-8-24)31(34(42)35(40)43)33(41)27-15-16-30-28(18-27)17-23(2)45-30/h3-16,18-19,23,32,41H,17,20-21H2,1-2H3/b33-31+. The molecule has 0 radical (unpaired) electrons. The second-order valence-corrected chi connectivity index (χ2v) is 13.8. The Kier molecular flexibility index (Phi) is 8.53. The zero-order chi connectivity index (χ0) is 32.5. The number of thioether (sulfide) groups is 1. The number of aliphatic hydroxyl groups is 1. The van der Waals surface area contributed by atoms with E-state index in [0.717, 1.165) is 22.4 Å². The molecule has 2 aliphatic heterocycles. The maximum Gasteiger partial charge on any atom is 0.301 e. The van der Waals surface area contributed by atoms with E-state index < -0.39 is 17.7 Å². The molecule has 2 atom stereocenters. The Hall–Kier alpha value is -4.93. The first kappa shape index (κ1) is 30.7. The number of anilines is 1. The van der Waals surface area contributed by atoms with Crippen LogP contribution in [0.3, 0.4) is 0 Å². The van der Waals surface area contributed by atoms with Gasteiger partial charge in [0.2, 0.25) is 5.13 Å². The lowest BCUT2D eigenvalue weighted by molar-refractivity contribution is -0.132. The molecule has 1 aromatic heterocycles. The molecule has 0 saturated carbocycles. The fourth-order valence-corrected chi connectivity index (χ4v) is 7.60. The number of benzene rings is 4. The van der Waals surface area contributed by atoms with Crippen molar-refractivity contribution in [1.82, 2.24) is 10.2 Å². The largest absolute Gasteiger partial charge is 0.507 e. The first-order valence-corrected chi connectivity index (χ1v) is 17.0. The second-order valence-electron chi connectivity index (χ2n) is 11.6. The summed E-state index contributed by atoms with van der Waals surface area (Å²) in [6.07, 6.45) is 0.699. The predicted octanol–water partition coefficient (Wildman–Crippen LogP) is 7.67. The molecular formula is C37H31N3O5S2. The number of amides is 1. The number of ether oxygens (including phenoxy) is 2. The van der Waals surface area contributed by atoms with Gasteiger partial charge >= 0.3 is 5.91 Å². The molecule has 8 nitrogen and oxygen atoms in total. The van der Waals surface area contributed by atoms with Crippen LogP contribution in [0, 0.1) is 6.92 Å². The number of hydrogen-bond donors (Lipinski definition) is 1. The molecule has 0 bridgehead atoms. The number of carbonyl (C=O) groups is 2. The third-order valence-corrected chi connectivity index (χ3v) is 10.2. The molecule has 0 spiro atoms. The van der Waals surface area contributed by atoms with Crippen LogP contribution >= 0.6 is 23.1 Å². The van der Waals surface area contributed by atoms with Crippen molar-refractivity contribution in [2.75, 3.05) is 4.90 Å². The zero-order valence-corrected chi connectivity index (χ0v) is 27.4. The van der Waals surface area contributed by atoms with Crippen molar-refractivity contribution in [2.45, 2.75) is 49.1 Å². The number of fused-ring (bicyclic) bond motifs is 1. The molecular weight excluding hydrogens is 631 g/mol. The van der Waals surface area contributed by atoms with E-state index in [0.29, 0.717) is 40.0 Å². The summed E-state index contributed by atoms with van der Waals surface area (Å²) in [6.45, 7) is 4.37. The minimum atomic E-state index is -0.957. The van der Waals surface area contributed by atoms with Crippen molar-refractivity contribution < 1.29 is 24.2 Å². The van der Waals surface area contributed by atoms with Crippen LogP contribution in [0.4, 0.5) is 5.13 Å². The van der Waals surface area contributed by atoms with E-state index in [9.17, 15) is 14.7 Å². The van der Waals surface area contributed by atoms with Crippen LogP contribution in [0.1, 0.15) is 46.3 Å². The number of aromatic nitrogens is 2. The Balaban J connectivity index is 1.25. The van der Waals surface area contributed by atoms with E-state index in [-0.39, 0.29) is 22.6 Å². The van der Waals surface area contributed by atoms with Crippen molar-refractivity contribution in [3.8, 4) is 11.5 Å². The third kappa shape index (κ3) is 6.39. The van der Waals surface area contributed by atoms with Gasteiger partial charge in [-0.15, -0.1) is 10.2 Å². The summed E-state index contributed by atoms with van der Waals surface area (Å²) in [7, 11) is 0. The van der Waals surface area contributed by atoms with Gasteiger partial charge in [0.25, 0.3) is 5.78 Å². The van der Waals surface area contributed by atoms with E-state index in [2.05, 4.69) is 34.5 Å². The number of aliphatic hydroxyl groups excluding tert-OH is 1. The SMILES string of the molecule is Cc1ccc(CSc2nnc(N3C(=O)C(=O)/C(=C(/O)c4ccc5c(c4)CC(C)O5)C3c3cccc(OCc4ccccc4)c3)s2)cc1.